The predicted molar refractivity (Wildman–Crippen MR) is 71.8 cm³/mol. The van der Waals surface area contributed by atoms with E-state index in [4.69, 9.17) is 0 Å². The third-order valence-corrected chi connectivity index (χ3v) is 3.39. The second kappa shape index (κ2) is 5.17. The molecule has 18 heavy (non-hydrogen) atoms. The van der Waals surface area contributed by atoms with Gasteiger partial charge in [0, 0.05) is 24.2 Å². The van der Waals surface area contributed by atoms with E-state index in [2.05, 4.69) is 12.0 Å². The van der Waals surface area contributed by atoms with Crippen LogP contribution in [0.5, 0.6) is 0 Å². The normalized spacial score (nSPS) is 10.6. The van der Waals surface area contributed by atoms with Crippen molar-refractivity contribution in [2.24, 2.45) is 0 Å². The largest absolute Gasteiger partial charge is 0.294 e. The van der Waals surface area contributed by atoms with E-state index in [0.29, 0.717) is 13.0 Å². The van der Waals surface area contributed by atoms with Gasteiger partial charge in [0.25, 0.3) is 0 Å². The molecule has 0 unspecified atom stereocenters. The fraction of sp³-hybridized carbons (Fsp3) is 0.333. The van der Waals surface area contributed by atoms with Crippen molar-refractivity contribution in [3.8, 4) is 0 Å². The van der Waals surface area contributed by atoms with E-state index in [1.807, 2.05) is 48.9 Å². The fourth-order valence-electron chi connectivity index (χ4n) is 1.98. The van der Waals surface area contributed by atoms with E-state index in [1.165, 1.54) is 5.56 Å². The maximum atomic E-state index is 12.0. The van der Waals surface area contributed by atoms with E-state index in [9.17, 15) is 4.79 Å². The minimum Gasteiger partial charge on any atom is -0.294 e. The van der Waals surface area contributed by atoms with Gasteiger partial charge in [0.2, 0.25) is 0 Å². The molecule has 0 fully saturated rings. The van der Waals surface area contributed by atoms with Gasteiger partial charge in [-0.1, -0.05) is 30.3 Å². The number of ketones is 1. The van der Waals surface area contributed by atoms with E-state index in [1.54, 1.807) is 0 Å². The van der Waals surface area contributed by atoms with Crippen LogP contribution in [0.3, 0.4) is 0 Å². The quantitative estimate of drug-likeness (QED) is 0.772. The molecule has 0 saturated carbocycles. The van der Waals surface area contributed by atoms with Crippen molar-refractivity contribution in [3.05, 3.63) is 52.8 Å². The van der Waals surface area contributed by atoms with Crippen LogP contribution < -0.4 is 0 Å². The molecule has 0 aliphatic rings. The van der Waals surface area contributed by atoms with E-state index in [0.717, 1.165) is 17.0 Å². The van der Waals surface area contributed by atoms with E-state index in [-0.39, 0.29) is 5.78 Å². The third kappa shape index (κ3) is 2.50. The molecule has 3 nitrogen and oxygen atoms in total. The Labute approximate surface area is 107 Å². The molecule has 0 aliphatic heterocycles. The smallest absolute Gasteiger partial charge is 0.164 e. The Balaban J connectivity index is 2.04. The van der Waals surface area contributed by atoms with E-state index < -0.39 is 0 Å². The molecule has 0 aliphatic carbocycles. The molecule has 0 amide bonds. The molecule has 0 radical (unpaired) electrons. The van der Waals surface area contributed by atoms with Gasteiger partial charge in [-0.05, 0) is 26.3 Å². The first kappa shape index (κ1) is 12.6. The Hall–Kier alpha value is -1.90. The number of hydrogen-bond donors (Lipinski definition) is 0. The summed E-state index contributed by atoms with van der Waals surface area (Å²) >= 11 is 0. The van der Waals surface area contributed by atoms with Crippen molar-refractivity contribution in [1.82, 2.24) is 9.78 Å². The second-order valence-electron chi connectivity index (χ2n) is 4.56. The number of aryl methyl sites for hydroxylation is 2. The van der Waals surface area contributed by atoms with Crippen molar-refractivity contribution >= 4 is 5.78 Å². The van der Waals surface area contributed by atoms with Crippen LogP contribution in [-0.2, 0) is 6.54 Å². The van der Waals surface area contributed by atoms with Crippen molar-refractivity contribution in [1.29, 1.82) is 0 Å². The van der Waals surface area contributed by atoms with Gasteiger partial charge in [-0.15, -0.1) is 0 Å². The summed E-state index contributed by atoms with van der Waals surface area (Å²) in [5.41, 5.74) is 4.17. The number of carbonyl (C=O) groups excluding carboxylic acids is 1. The summed E-state index contributed by atoms with van der Waals surface area (Å²) < 4.78 is 1.92. The van der Waals surface area contributed by atoms with Crippen LogP contribution in [0, 0.1) is 20.8 Å². The van der Waals surface area contributed by atoms with Crippen LogP contribution in [-0.4, -0.2) is 15.6 Å². The lowest BCUT2D eigenvalue weighted by atomic mass is 10.1. The molecule has 2 rings (SSSR count). The van der Waals surface area contributed by atoms with Gasteiger partial charge in [0.05, 0.1) is 5.69 Å². The summed E-state index contributed by atoms with van der Waals surface area (Å²) in [4.78, 5) is 12.0. The number of aromatic nitrogens is 2. The molecule has 1 aromatic carbocycles. The van der Waals surface area contributed by atoms with Crippen LogP contribution in [0.4, 0.5) is 0 Å². The molecule has 1 aromatic heterocycles. The number of hydrogen-bond acceptors (Lipinski definition) is 2. The summed E-state index contributed by atoms with van der Waals surface area (Å²) in [6.07, 6.45) is 0.491. The minimum absolute atomic E-state index is 0.167. The van der Waals surface area contributed by atoms with Gasteiger partial charge >= 0.3 is 0 Å². The first-order valence-corrected chi connectivity index (χ1v) is 6.18. The van der Waals surface area contributed by atoms with Gasteiger partial charge < -0.3 is 0 Å². The van der Waals surface area contributed by atoms with Crippen LogP contribution in [0.25, 0.3) is 0 Å². The predicted octanol–water partition coefficient (Wildman–Crippen LogP) is 3.08. The summed E-state index contributed by atoms with van der Waals surface area (Å²) in [7, 11) is 0. The Kier molecular flexibility index (Phi) is 3.60. The molecule has 0 N–H and O–H groups in total. The third-order valence-electron chi connectivity index (χ3n) is 3.39. The summed E-state index contributed by atoms with van der Waals surface area (Å²) in [5.74, 6) is 0.167. The Morgan fingerprint density at radius 3 is 2.39 bits per heavy atom. The van der Waals surface area contributed by atoms with Crippen molar-refractivity contribution in [3.63, 3.8) is 0 Å². The lowest BCUT2D eigenvalue weighted by Gasteiger charge is -2.04. The van der Waals surface area contributed by atoms with Crippen molar-refractivity contribution in [2.45, 2.75) is 33.7 Å². The molecule has 3 heteroatoms. The van der Waals surface area contributed by atoms with Crippen molar-refractivity contribution in [2.75, 3.05) is 0 Å². The number of carbonyl (C=O) groups is 1. The molecule has 0 bridgehead atoms. The second-order valence-corrected chi connectivity index (χ2v) is 4.56. The zero-order valence-corrected chi connectivity index (χ0v) is 11.1. The number of Topliss-reactive ketones (excluding diaryl/α,β-unsaturated/α-hetero) is 1. The average molecular weight is 242 g/mol. The molecule has 0 spiro atoms. The molecule has 94 valence electrons. The molecular formula is C15H18N2O. The first-order chi connectivity index (χ1) is 8.59. The summed E-state index contributed by atoms with van der Waals surface area (Å²) in [6, 6.07) is 9.41. The van der Waals surface area contributed by atoms with Gasteiger partial charge in [0.15, 0.2) is 5.78 Å². The Bertz CT molecular complexity index is 555. The SMILES string of the molecule is Cc1nn(CCC(=O)c2ccccc2)c(C)c1C. The van der Waals surface area contributed by atoms with Gasteiger partial charge in [-0.3, -0.25) is 9.48 Å². The molecule has 2 aromatic rings. The molecule has 0 saturated heterocycles. The zero-order chi connectivity index (χ0) is 13.1. The van der Waals surface area contributed by atoms with Gasteiger partial charge in [-0.25, -0.2) is 0 Å². The first-order valence-electron chi connectivity index (χ1n) is 6.18. The Morgan fingerprint density at radius 1 is 1.17 bits per heavy atom. The standard InChI is InChI=1S/C15H18N2O/c1-11-12(2)16-17(13(11)3)10-9-15(18)14-7-5-4-6-8-14/h4-8H,9-10H2,1-3H3. The number of nitrogens with zero attached hydrogens (tertiary/aromatic N) is 2. The van der Waals surface area contributed by atoms with Crippen LogP contribution >= 0.6 is 0 Å². The number of rotatable bonds is 4. The lowest BCUT2D eigenvalue weighted by Crippen LogP contribution is -2.08. The fourth-order valence-corrected chi connectivity index (χ4v) is 1.98. The maximum Gasteiger partial charge on any atom is 0.164 e. The highest BCUT2D eigenvalue weighted by atomic mass is 16.1. The molecular weight excluding hydrogens is 224 g/mol. The Morgan fingerprint density at radius 2 is 1.83 bits per heavy atom. The lowest BCUT2D eigenvalue weighted by molar-refractivity contribution is 0.0975. The highest BCUT2D eigenvalue weighted by Gasteiger charge is 2.09. The van der Waals surface area contributed by atoms with Crippen LogP contribution in [0.15, 0.2) is 30.3 Å². The topological polar surface area (TPSA) is 34.9 Å². The average Bonchev–Trinajstić information content (AvgIpc) is 2.64. The minimum atomic E-state index is 0.167. The van der Waals surface area contributed by atoms with E-state index >= 15 is 0 Å². The summed E-state index contributed by atoms with van der Waals surface area (Å²) in [5, 5.41) is 4.44. The zero-order valence-electron chi connectivity index (χ0n) is 11.1. The summed E-state index contributed by atoms with van der Waals surface area (Å²) in [6.45, 7) is 6.75. The van der Waals surface area contributed by atoms with Gasteiger partial charge in [-0.2, -0.15) is 5.10 Å². The van der Waals surface area contributed by atoms with Crippen molar-refractivity contribution < 1.29 is 4.79 Å². The van der Waals surface area contributed by atoms with Crippen LogP contribution in [0.2, 0.25) is 0 Å². The number of benzene rings is 1. The molecule has 0 atom stereocenters. The van der Waals surface area contributed by atoms with Crippen LogP contribution in [0.1, 0.15) is 33.7 Å². The maximum absolute atomic E-state index is 12.0. The molecule has 1 heterocycles. The highest BCUT2D eigenvalue weighted by Crippen LogP contribution is 2.12. The van der Waals surface area contributed by atoms with Gasteiger partial charge in [0.1, 0.15) is 0 Å². The highest BCUT2D eigenvalue weighted by molar-refractivity contribution is 5.95. The monoisotopic (exact) mass is 242 g/mol.